The average molecular weight is 293 g/mol. The van der Waals surface area contributed by atoms with Crippen LogP contribution in [0.4, 0.5) is 10.1 Å². The molecule has 1 aromatic carbocycles. The van der Waals surface area contributed by atoms with Gasteiger partial charge in [-0.25, -0.2) is 4.39 Å². The van der Waals surface area contributed by atoms with E-state index in [4.69, 9.17) is 5.73 Å². The molecule has 1 atom stereocenters. The summed E-state index contributed by atoms with van der Waals surface area (Å²) in [6.45, 7) is 1.62. The van der Waals surface area contributed by atoms with Gasteiger partial charge in [0.1, 0.15) is 5.82 Å². The first-order chi connectivity index (χ1) is 8.06. The zero-order chi connectivity index (χ0) is 12.8. The van der Waals surface area contributed by atoms with Gasteiger partial charge in [-0.1, -0.05) is 6.07 Å². The molecule has 0 aromatic heterocycles. The molecule has 0 saturated carbocycles. The molecule has 3 N–H and O–H groups in total. The summed E-state index contributed by atoms with van der Waals surface area (Å²) in [5.41, 5.74) is 6.63. The lowest BCUT2D eigenvalue weighted by atomic mass is 10.1. The van der Waals surface area contributed by atoms with E-state index in [0.29, 0.717) is 17.7 Å². The summed E-state index contributed by atoms with van der Waals surface area (Å²) >= 11 is 1.64. The minimum atomic E-state index is -0.551. The van der Waals surface area contributed by atoms with E-state index < -0.39 is 6.04 Å². The Morgan fingerprint density at radius 1 is 1.56 bits per heavy atom. The van der Waals surface area contributed by atoms with Crippen molar-refractivity contribution in [3.05, 3.63) is 29.6 Å². The summed E-state index contributed by atoms with van der Waals surface area (Å²) in [5.74, 6) is 0.227. The summed E-state index contributed by atoms with van der Waals surface area (Å²) in [6.07, 6.45) is 2.57. The third kappa shape index (κ3) is 4.84. The van der Waals surface area contributed by atoms with Crippen LogP contribution in [0.2, 0.25) is 0 Å². The van der Waals surface area contributed by atoms with Crippen molar-refractivity contribution in [3.8, 4) is 0 Å². The lowest BCUT2D eigenvalue weighted by Crippen LogP contribution is -2.36. The maximum absolute atomic E-state index is 13.2. The SMILES string of the molecule is CSCC[C@H](N)C(=O)Nc1cccc(F)c1C.Cl. The van der Waals surface area contributed by atoms with E-state index in [1.807, 2.05) is 6.26 Å². The molecule has 1 rings (SSSR count). The first kappa shape index (κ1) is 17.2. The molecule has 0 radical (unpaired) electrons. The van der Waals surface area contributed by atoms with Gasteiger partial charge in [-0.15, -0.1) is 12.4 Å². The number of thioether (sulfide) groups is 1. The fourth-order valence-electron chi connectivity index (χ4n) is 1.34. The Morgan fingerprint density at radius 3 is 2.83 bits per heavy atom. The smallest absolute Gasteiger partial charge is 0.241 e. The van der Waals surface area contributed by atoms with Gasteiger partial charge >= 0.3 is 0 Å². The van der Waals surface area contributed by atoms with Crippen LogP contribution in [0.3, 0.4) is 0 Å². The zero-order valence-electron chi connectivity index (χ0n) is 10.4. The van der Waals surface area contributed by atoms with Gasteiger partial charge in [0.2, 0.25) is 5.91 Å². The van der Waals surface area contributed by atoms with Crippen LogP contribution in [-0.4, -0.2) is 24.0 Å². The molecule has 0 aliphatic carbocycles. The molecule has 0 aliphatic heterocycles. The van der Waals surface area contributed by atoms with E-state index in [9.17, 15) is 9.18 Å². The van der Waals surface area contributed by atoms with E-state index in [-0.39, 0.29) is 24.1 Å². The molecule has 0 saturated heterocycles. The number of amides is 1. The van der Waals surface area contributed by atoms with Crippen molar-refractivity contribution in [1.29, 1.82) is 0 Å². The highest BCUT2D eigenvalue weighted by Crippen LogP contribution is 2.17. The molecule has 0 unspecified atom stereocenters. The van der Waals surface area contributed by atoms with Crippen LogP contribution in [0, 0.1) is 12.7 Å². The molecular weight excluding hydrogens is 275 g/mol. The highest BCUT2D eigenvalue weighted by Gasteiger charge is 2.14. The maximum atomic E-state index is 13.2. The Balaban J connectivity index is 0.00000289. The Bertz CT molecular complexity index is 404. The van der Waals surface area contributed by atoms with Crippen LogP contribution in [0.1, 0.15) is 12.0 Å². The number of anilines is 1. The standard InChI is InChI=1S/C12H17FN2OS.ClH/c1-8-9(13)4-3-5-11(8)15-12(16)10(14)6-7-17-2;/h3-5,10H,6-7,14H2,1-2H3,(H,15,16);1H/t10-;/m0./s1. The Morgan fingerprint density at radius 2 is 2.22 bits per heavy atom. The molecule has 0 aliphatic rings. The Labute approximate surface area is 117 Å². The average Bonchev–Trinajstić information content (AvgIpc) is 2.31. The van der Waals surface area contributed by atoms with Crippen LogP contribution in [-0.2, 0) is 4.79 Å². The quantitative estimate of drug-likeness (QED) is 0.877. The fraction of sp³-hybridized carbons (Fsp3) is 0.417. The van der Waals surface area contributed by atoms with Crippen LogP contribution >= 0.6 is 24.2 Å². The predicted octanol–water partition coefficient (Wildman–Crippen LogP) is 2.57. The summed E-state index contributed by atoms with van der Waals surface area (Å²) in [4.78, 5) is 11.7. The largest absolute Gasteiger partial charge is 0.324 e. The Kier molecular flexibility index (Phi) is 7.98. The second kappa shape index (κ2) is 8.34. The van der Waals surface area contributed by atoms with E-state index in [2.05, 4.69) is 5.32 Å². The van der Waals surface area contributed by atoms with E-state index >= 15 is 0 Å². The summed E-state index contributed by atoms with van der Waals surface area (Å²) < 4.78 is 13.2. The molecule has 3 nitrogen and oxygen atoms in total. The molecular formula is C12H18ClFN2OS. The minimum absolute atomic E-state index is 0. The van der Waals surface area contributed by atoms with E-state index in [0.717, 1.165) is 5.75 Å². The lowest BCUT2D eigenvalue weighted by Gasteiger charge is -2.13. The van der Waals surface area contributed by atoms with Crippen molar-refractivity contribution >= 4 is 35.8 Å². The summed E-state index contributed by atoms with van der Waals surface area (Å²) in [7, 11) is 0. The third-order valence-electron chi connectivity index (χ3n) is 2.50. The molecule has 102 valence electrons. The van der Waals surface area contributed by atoms with Gasteiger partial charge in [0.25, 0.3) is 0 Å². The van der Waals surface area contributed by atoms with Crippen LogP contribution in [0.25, 0.3) is 0 Å². The normalized spacial score (nSPS) is 11.6. The lowest BCUT2D eigenvalue weighted by molar-refractivity contribution is -0.117. The second-order valence-corrected chi connectivity index (χ2v) is 4.78. The van der Waals surface area contributed by atoms with Crippen LogP contribution in [0.5, 0.6) is 0 Å². The van der Waals surface area contributed by atoms with E-state index in [1.165, 1.54) is 6.07 Å². The van der Waals surface area contributed by atoms with Crippen LogP contribution in [0.15, 0.2) is 18.2 Å². The molecule has 0 heterocycles. The number of halogens is 2. The van der Waals surface area contributed by atoms with Crippen molar-refractivity contribution in [2.75, 3.05) is 17.3 Å². The molecule has 6 heteroatoms. The van der Waals surface area contributed by atoms with Gasteiger partial charge in [-0.2, -0.15) is 11.8 Å². The second-order valence-electron chi connectivity index (χ2n) is 3.79. The summed E-state index contributed by atoms with van der Waals surface area (Å²) in [6, 6.07) is 4.03. The molecule has 0 bridgehead atoms. The number of hydrogen-bond acceptors (Lipinski definition) is 3. The highest BCUT2D eigenvalue weighted by atomic mass is 35.5. The van der Waals surface area contributed by atoms with Gasteiger partial charge in [0.15, 0.2) is 0 Å². The van der Waals surface area contributed by atoms with Gasteiger partial charge in [-0.3, -0.25) is 4.79 Å². The van der Waals surface area contributed by atoms with E-state index in [1.54, 1.807) is 30.8 Å². The third-order valence-corrected chi connectivity index (χ3v) is 3.14. The number of carbonyl (C=O) groups excluding carboxylic acids is 1. The monoisotopic (exact) mass is 292 g/mol. The minimum Gasteiger partial charge on any atom is -0.324 e. The van der Waals surface area contributed by atoms with Crippen molar-refractivity contribution < 1.29 is 9.18 Å². The first-order valence-corrected chi connectivity index (χ1v) is 6.76. The van der Waals surface area contributed by atoms with Crippen molar-refractivity contribution in [3.63, 3.8) is 0 Å². The molecule has 0 fully saturated rings. The highest BCUT2D eigenvalue weighted by molar-refractivity contribution is 7.98. The van der Waals surface area contributed by atoms with Crippen molar-refractivity contribution in [1.82, 2.24) is 0 Å². The molecule has 1 aromatic rings. The molecule has 18 heavy (non-hydrogen) atoms. The maximum Gasteiger partial charge on any atom is 0.241 e. The number of nitrogens with one attached hydrogen (secondary N) is 1. The number of nitrogens with two attached hydrogens (primary N) is 1. The van der Waals surface area contributed by atoms with Crippen molar-refractivity contribution in [2.45, 2.75) is 19.4 Å². The van der Waals surface area contributed by atoms with Gasteiger partial charge in [0, 0.05) is 11.3 Å². The zero-order valence-corrected chi connectivity index (χ0v) is 12.0. The molecule has 1 amide bonds. The van der Waals surface area contributed by atoms with Gasteiger partial charge in [-0.05, 0) is 37.5 Å². The summed E-state index contributed by atoms with van der Waals surface area (Å²) in [5, 5.41) is 2.65. The van der Waals surface area contributed by atoms with Crippen molar-refractivity contribution in [2.24, 2.45) is 5.73 Å². The number of rotatable bonds is 5. The predicted molar refractivity (Wildman–Crippen MR) is 78.0 cm³/mol. The number of hydrogen-bond donors (Lipinski definition) is 2. The van der Waals surface area contributed by atoms with Gasteiger partial charge in [0.05, 0.1) is 6.04 Å². The van der Waals surface area contributed by atoms with Crippen LogP contribution < -0.4 is 11.1 Å². The topological polar surface area (TPSA) is 55.1 Å². The van der Waals surface area contributed by atoms with Gasteiger partial charge < -0.3 is 11.1 Å². The Hall–Kier alpha value is -0.780. The molecule has 0 spiro atoms. The first-order valence-electron chi connectivity index (χ1n) is 5.36. The fourth-order valence-corrected chi connectivity index (χ4v) is 1.83. The number of benzene rings is 1. The number of carbonyl (C=O) groups is 1.